The molecule has 0 spiro atoms. The van der Waals surface area contributed by atoms with Crippen LogP contribution in [0.15, 0.2) is 53.9 Å². The van der Waals surface area contributed by atoms with Crippen LogP contribution in [0.5, 0.6) is 17.2 Å². The molecule has 1 amide bonds. The molecule has 1 atom stereocenters. The molecule has 0 saturated carbocycles. The molecule has 0 aliphatic carbocycles. The van der Waals surface area contributed by atoms with Crippen LogP contribution >= 0.6 is 11.3 Å². The highest BCUT2D eigenvalue weighted by atomic mass is 32.1. The maximum Gasteiger partial charge on any atom is 0.244 e. The molecule has 1 unspecified atom stereocenters. The minimum atomic E-state index is -0.156. The van der Waals surface area contributed by atoms with E-state index in [-0.39, 0.29) is 11.9 Å². The third-order valence-electron chi connectivity index (χ3n) is 5.03. The van der Waals surface area contributed by atoms with Crippen LogP contribution in [-0.4, -0.2) is 24.1 Å². The van der Waals surface area contributed by atoms with Gasteiger partial charge in [0.05, 0.1) is 16.7 Å². The van der Waals surface area contributed by atoms with Gasteiger partial charge in [-0.25, -0.2) is 4.98 Å². The van der Waals surface area contributed by atoms with E-state index in [0.29, 0.717) is 19.8 Å². The number of ether oxygens (including phenoxy) is 3. The molecule has 3 aromatic rings. The van der Waals surface area contributed by atoms with Crippen LogP contribution in [0.3, 0.4) is 0 Å². The Balaban J connectivity index is 1.36. The minimum Gasteiger partial charge on any atom is -0.487 e. The van der Waals surface area contributed by atoms with Gasteiger partial charge in [0.15, 0.2) is 11.5 Å². The monoisotopic (exact) mass is 450 g/mol. The minimum absolute atomic E-state index is 0.112. The predicted molar refractivity (Wildman–Crippen MR) is 125 cm³/mol. The zero-order chi connectivity index (χ0) is 22.3. The number of carbonyl (C=O) groups excluding carboxylic acids is 1. The van der Waals surface area contributed by atoms with Crippen LogP contribution in [0, 0.1) is 6.92 Å². The fourth-order valence-corrected chi connectivity index (χ4v) is 4.03. The molecule has 32 heavy (non-hydrogen) atoms. The Labute approximate surface area is 191 Å². The normalized spacial score (nSPS) is 13.7. The Morgan fingerprint density at radius 2 is 2.06 bits per heavy atom. The molecule has 1 aliphatic rings. The highest BCUT2D eigenvalue weighted by molar-refractivity contribution is 7.09. The van der Waals surface area contributed by atoms with Crippen LogP contribution in [0.1, 0.15) is 41.2 Å². The average molecular weight is 451 g/mol. The van der Waals surface area contributed by atoms with Gasteiger partial charge in [0.25, 0.3) is 0 Å². The standard InChI is InChI=1S/C25H26N2O4S/c1-3-22(19-8-9-23-24(14-19)30-12-11-29-23)27-25(28)10-7-18-5-4-6-21(13-18)31-15-20-16-32-17(2)26-20/h4-10,13-14,16,22H,3,11-12,15H2,1-2H3,(H,27,28). The Morgan fingerprint density at radius 3 is 2.84 bits per heavy atom. The van der Waals surface area contributed by atoms with Crippen LogP contribution < -0.4 is 19.5 Å². The molecule has 1 N–H and O–H groups in total. The molecule has 1 aromatic heterocycles. The summed E-state index contributed by atoms with van der Waals surface area (Å²) in [6.45, 7) is 5.53. The summed E-state index contributed by atoms with van der Waals surface area (Å²) in [6.07, 6.45) is 4.09. The molecule has 1 aliphatic heterocycles. The number of carbonyl (C=O) groups is 1. The molecule has 166 valence electrons. The number of fused-ring (bicyclic) bond motifs is 1. The van der Waals surface area contributed by atoms with E-state index in [2.05, 4.69) is 10.3 Å². The van der Waals surface area contributed by atoms with E-state index >= 15 is 0 Å². The van der Waals surface area contributed by atoms with Crippen molar-refractivity contribution in [1.82, 2.24) is 10.3 Å². The number of thiazole rings is 1. The number of hydrogen-bond donors (Lipinski definition) is 1. The van der Waals surface area contributed by atoms with Gasteiger partial charge >= 0.3 is 0 Å². The second kappa shape index (κ2) is 10.3. The summed E-state index contributed by atoms with van der Waals surface area (Å²) < 4.78 is 17.1. The molecule has 2 aromatic carbocycles. The molecular weight excluding hydrogens is 424 g/mol. The van der Waals surface area contributed by atoms with Crippen molar-refractivity contribution in [1.29, 1.82) is 0 Å². The number of amides is 1. The van der Waals surface area contributed by atoms with Gasteiger partial charge in [0.2, 0.25) is 5.91 Å². The van der Waals surface area contributed by atoms with Crippen molar-refractivity contribution in [3.8, 4) is 17.2 Å². The maximum absolute atomic E-state index is 12.6. The van der Waals surface area contributed by atoms with E-state index in [4.69, 9.17) is 14.2 Å². The van der Waals surface area contributed by atoms with Crippen LogP contribution in [0.4, 0.5) is 0 Å². The van der Waals surface area contributed by atoms with Crippen molar-refractivity contribution in [2.75, 3.05) is 13.2 Å². The number of rotatable bonds is 8. The van der Waals surface area contributed by atoms with Gasteiger partial charge in [-0.3, -0.25) is 4.79 Å². The first kappa shape index (κ1) is 21.9. The van der Waals surface area contributed by atoms with Crippen LogP contribution in [-0.2, 0) is 11.4 Å². The van der Waals surface area contributed by atoms with E-state index < -0.39 is 0 Å². The van der Waals surface area contributed by atoms with Gasteiger partial charge in [0, 0.05) is 11.5 Å². The summed E-state index contributed by atoms with van der Waals surface area (Å²) in [5, 5.41) is 6.08. The van der Waals surface area contributed by atoms with E-state index in [1.54, 1.807) is 23.5 Å². The van der Waals surface area contributed by atoms with Crippen molar-refractivity contribution in [3.05, 3.63) is 75.7 Å². The van der Waals surface area contributed by atoms with E-state index in [0.717, 1.165) is 45.5 Å². The van der Waals surface area contributed by atoms with Crippen LogP contribution in [0.2, 0.25) is 0 Å². The Bertz CT molecular complexity index is 1110. The zero-order valence-corrected chi connectivity index (χ0v) is 19.0. The van der Waals surface area contributed by atoms with Gasteiger partial charge < -0.3 is 19.5 Å². The summed E-state index contributed by atoms with van der Waals surface area (Å²) in [5.41, 5.74) is 2.79. The Kier molecular flexibility index (Phi) is 7.07. The number of nitrogens with zero attached hydrogens (tertiary/aromatic N) is 1. The van der Waals surface area contributed by atoms with Crippen molar-refractivity contribution < 1.29 is 19.0 Å². The Morgan fingerprint density at radius 1 is 1.22 bits per heavy atom. The van der Waals surface area contributed by atoms with Gasteiger partial charge in [-0.15, -0.1) is 11.3 Å². The number of nitrogens with one attached hydrogen (secondary N) is 1. The van der Waals surface area contributed by atoms with Crippen LogP contribution in [0.25, 0.3) is 6.08 Å². The van der Waals surface area contributed by atoms with Crippen molar-refractivity contribution in [3.63, 3.8) is 0 Å². The van der Waals surface area contributed by atoms with Gasteiger partial charge in [-0.1, -0.05) is 25.1 Å². The predicted octanol–water partition coefficient (Wildman–Crippen LogP) is 5.08. The van der Waals surface area contributed by atoms with E-state index in [1.165, 1.54) is 0 Å². The molecule has 0 bridgehead atoms. The largest absolute Gasteiger partial charge is 0.487 e. The average Bonchev–Trinajstić information content (AvgIpc) is 3.25. The molecule has 0 saturated heterocycles. The quantitative estimate of drug-likeness (QED) is 0.485. The summed E-state index contributed by atoms with van der Waals surface area (Å²) in [4.78, 5) is 17.0. The smallest absolute Gasteiger partial charge is 0.244 e. The lowest BCUT2D eigenvalue weighted by Crippen LogP contribution is -2.26. The number of aryl methyl sites for hydroxylation is 1. The molecule has 4 rings (SSSR count). The van der Waals surface area contributed by atoms with E-state index in [9.17, 15) is 4.79 Å². The fraction of sp³-hybridized carbons (Fsp3) is 0.280. The highest BCUT2D eigenvalue weighted by Gasteiger charge is 2.17. The summed E-state index contributed by atoms with van der Waals surface area (Å²) in [7, 11) is 0. The number of benzene rings is 2. The first-order valence-electron chi connectivity index (χ1n) is 10.6. The van der Waals surface area contributed by atoms with Gasteiger partial charge in [-0.2, -0.15) is 0 Å². The second-order valence-electron chi connectivity index (χ2n) is 7.42. The SMILES string of the molecule is CCC(NC(=O)C=Cc1cccc(OCc2csc(C)n2)c1)c1ccc2c(c1)OCCO2. The van der Waals surface area contributed by atoms with Crippen molar-refractivity contribution >= 4 is 23.3 Å². The third kappa shape index (κ3) is 5.68. The van der Waals surface area contributed by atoms with Crippen molar-refractivity contribution in [2.24, 2.45) is 0 Å². The van der Waals surface area contributed by atoms with E-state index in [1.807, 2.05) is 61.7 Å². The first-order chi connectivity index (χ1) is 15.6. The molecule has 7 heteroatoms. The number of aromatic nitrogens is 1. The molecular formula is C25H26N2O4S. The maximum atomic E-state index is 12.6. The van der Waals surface area contributed by atoms with Crippen molar-refractivity contribution in [2.45, 2.75) is 32.9 Å². The third-order valence-corrected chi connectivity index (χ3v) is 5.85. The Hall–Kier alpha value is -3.32. The van der Waals surface area contributed by atoms with Gasteiger partial charge in [-0.05, 0) is 54.8 Å². The molecule has 6 nitrogen and oxygen atoms in total. The molecule has 0 radical (unpaired) electrons. The topological polar surface area (TPSA) is 69.7 Å². The first-order valence-corrected chi connectivity index (χ1v) is 11.5. The highest BCUT2D eigenvalue weighted by Crippen LogP contribution is 2.33. The summed E-state index contributed by atoms with van der Waals surface area (Å²) in [6, 6.07) is 13.3. The molecule has 0 fully saturated rings. The summed E-state index contributed by atoms with van der Waals surface area (Å²) >= 11 is 1.61. The second-order valence-corrected chi connectivity index (χ2v) is 8.49. The lowest BCUT2D eigenvalue weighted by Gasteiger charge is -2.22. The fourth-order valence-electron chi connectivity index (χ4n) is 3.43. The lowest BCUT2D eigenvalue weighted by atomic mass is 10.0. The summed E-state index contributed by atoms with van der Waals surface area (Å²) in [5.74, 6) is 2.05. The van der Waals surface area contributed by atoms with Gasteiger partial charge in [0.1, 0.15) is 25.6 Å². The zero-order valence-electron chi connectivity index (χ0n) is 18.2. The lowest BCUT2D eigenvalue weighted by molar-refractivity contribution is -0.117. The number of hydrogen-bond acceptors (Lipinski definition) is 6. The molecule has 2 heterocycles.